The molecule has 0 heterocycles. The molecule has 1 aliphatic rings. The second-order valence-electron chi connectivity index (χ2n) is 6.58. The summed E-state index contributed by atoms with van der Waals surface area (Å²) in [5.41, 5.74) is 1.17. The lowest BCUT2D eigenvalue weighted by molar-refractivity contribution is -0.134. The Labute approximate surface area is 158 Å². The maximum Gasteiger partial charge on any atom is 0.240 e. The zero-order valence-corrected chi connectivity index (χ0v) is 15.1. The van der Waals surface area contributed by atoms with Crippen LogP contribution in [0.25, 0.3) is 0 Å². The number of rotatable bonds is 7. The lowest BCUT2D eigenvalue weighted by atomic mass is 10.0. The zero-order chi connectivity index (χ0) is 19.3. The third-order valence-corrected chi connectivity index (χ3v) is 4.72. The van der Waals surface area contributed by atoms with Crippen molar-refractivity contribution in [3.05, 3.63) is 59.7 Å². The van der Waals surface area contributed by atoms with Gasteiger partial charge in [-0.3, -0.25) is 9.59 Å². The molecule has 3 rings (SSSR count). The van der Waals surface area contributed by atoms with E-state index in [0.717, 1.165) is 11.3 Å². The summed E-state index contributed by atoms with van der Waals surface area (Å²) in [6.45, 7) is 0.456. The van der Waals surface area contributed by atoms with E-state index in [-0.39, 0.29) is 11.8 Å². The first kappa shape index (κ1) is 18.5. The molecule has 0 atom stereocenters. The van der Waals surface area contributed by atoms with E-state index in [1.807, 2.05) is 30.3 Å². The van der Waals surface area contributed by atoms with Crippen molar-refractivity contribution in [3.63, 3.8) is 0 Å². The lowest BCUT2D eigenvalue weighted by Gasteiger charge is -2.15. The number of ether oxygens (including phenoxy) is 1. The topological polar surface area (TPSA) is 91.2 Å². The highest BCUT2D eigenvalue weighted by molar-refractivity contribution is 6.13. The number of nitriles is 1. The maximum atomic E-state index is 12.6. The highest BCUT2D eigenvalue weighted by atomic mass is 16.5. The molecular weight excluding hydrogens is 342 g/mol. The molecule has 2 amide bonds. The molecule has 1 saturated carbocycles. The average Bonchev–Trinajstić information content (AvgIpc) is 3.51. The maximum absolute atomic E-state index is 12.6. The molecule has 6 heteroatoms. The summed E-state index contributed by atoms with van der Waals surface area (Å²) in [6.07, 6.45) is 1.75. The Balaban J connectivity index is 1.53. The van der Waals surface area contributed by atoms with Crippen LogP contribution in [0.5, 0.6) is 5.75 Å². The first-order chi connectivity index (χ1) is 13.1. The van der Waals surface area contributed by atoms with E-state index in [0.29, 0.717) is 37.1 Å². The Morgan fingerprint density at radius 2 is 1.89 bits per heavy atom. The zero-order valence-electron chi connectivity index (χ0n) is 15.1. The van der Waals surface area contributed by atoms with Crippen molar-refractivity contribution in [2.45, 2.75) is 19.3 Å². The summed E-state index contributed by atoms with van der Waals surface area (Å²) in [7, 11) is 1.62. The van der Waals surface area contributed by atoms with E-state index >= 15 is 0 Å². The third kappa shape index (κ3) is 4.26. The van der Waals surface area contributed by atoms with Crippen LogP contribution < -0.4 is 15.4 Å². The van der Waals surface area contributed by atoms with Crippen LogP contribution in [-0.2, 0) is 16.0 Å². The molecule has 1 fully saturated rings. The number of hydrogen-bond donors (Lipinski definition) is 2. The van der Waals surface area contributed by atoms with Crippen LogP contribution in [0.3, 0.4) is 0 Å². The summed E-state index contributed by atoms with van der Waals surface area (Å²) < 4.78 is 5.19. The molecule has 1 aliphatic carbocycles. The van der Waals surface area contributed by atoms with Crippen LogP contribution in [0.15, 0.2) is 48.5 Å². The molecule has 0 saturated heterocycles. The van der Waals surface area contributed by atoms with Crippen molar-refractivity contribution in [2.75, 3.05) is 19.0 Å². The highest BCUT2D eigenvalue weighted by Gasteiger charge is 2.56. The summed E-state index contributed by atoms with van der Waals surface area (Å²) >= 11 is 0. The molecule has 6 nitrogen and oxygen atoms in total. The van der Waals surface area contributed by atoms with Gasteiger partial charge in [0.15, 0.2) is 0 Å². The number of carbonyl (C=O) groups is 2. The Morgan fingerprint density at radius 3 is 2.52 bits per heavy atom. The minimum Gasteiger partial charge on any atom is -0.497 e. The van der Waals surface area contributed by atoms with Crippen LogP contribution in [0.2, 0.25) is 0 Å². The van der Waals surface area contributed by atoms with Gasteiger partial charge in [0.2, 0.25) is 11.8 Å². The van der Waals surface area contributed by atoms with Crippen molar-refractivity contribution in [2.24, 2.45) is 5.41 Å². The number of methoxy groups -OCH3 is 1. The van der Waals surface area contributed by atoms with E-state index in [4.69, 9.17) is 10.00 Å². The highest BCUT2D eigenvalue weighted by Crippen LogP contribution is 2.46. The Morgan fingerprint density at radius 1 is 1.15 bits per heavy atom. The van der Waals surface area contributed by atoms with E-state index in [1.165, 1.54) is 0 Å². The Kier molecular flexibility index (Phi) is 5.41. The second kappa shape index (κ2) is 7.92. The predicted octanol–water partition coefficient (Wildman–Crippen LogP) is 2.64. The normalized spacial score (nSPS) is 13.9. The fourth-order valence-electron chi connectivity index (χ4n) is 2.88. The summed E-state index contributed by atoms with van der Waals surface area (Å²) in [4.78, 5) is 25.1. The molecular formula is C21H21N3O3. The molecule has 0 spiro atoms. The monoisotopic (exact) mass is 363 g/mol. The van der Waals surface area contributed by atoms with Crippen LogP contribution in [0.1, 0.15) is 24.0 Å². The summed E-state index contributed by atoms with van der Waals surface area (Å²) in [5, 5.41) is 14.5. The van der Waals surface area contributed by atoms with Crippen LogP contribution in [0.4, 0.5) is 5.69 Å². The number of amides is 2. The molecule has 0 aromatic heterocycles. The van der Waals surface area contributed by atoms with E-state index in [2.05, 4.69) is 10.6 Å². The number of nitrogens with zero attached hydrogens (tertiary/aromatic N) is 1. The molecule has 138 valence electrons. The SMILES string of the molecule is COc1cccc(CCNC(=O)C2(C(=O)Nc3ccc(C#N)cc3)CC2)c1. The fourth-order valence-corrected chi connectivity index (χ4v) is 2.88. The summed E-state index contributed by atoms with van der Waals surface area (Å²) in [5.74, 6) is 0.238. The molecule has 0 aliphatic heterocycles. The standard InChI is InChI=1S/C21H21N3O3/c1-27-18-4-2-3-15(13-18)9-12-23-19(25)21(10-11-21)20(26)24-17-7-5-16(14-22)6-8-17/h2-8,13H,9-12H2,1H3,(H,23,25)(H,24,26). The molecule has 2 N–H and O–H groups in total. The molecule has 2 aromatic carbocycles. The number of nitrogens with one attached hydrogen (secondary N) is 2. The van der Waals surface area contributed by atoms with Gasteiger partial charge >= 0.3 is 0 Å². The van der Waals surface area contributed by atoms with Crippen LogP contribution >= 0.6 is 0 Å². The molecule has 2 aromatic rings. The second-order valence-corrected chi connectivity index (χ2v) is 6.58. The fraction of sp³-hybridized carbons (Fsp3) is 0.286. The molecule has 0 bridgehead atoms. The van der Waals surface area contributed by atoms with Gasteiger partial charge in [0.25, 0.3) is 0 Å². The third-order valence-electron chi connectivity index (χ3n) is 4.72. The lowest BCUT2D eigenvalue weighted by Crippen LogP contribution is -2.40. The number of carbonyl (C=O) groups excluding carboxylic acids is 2. The van der Waals surface area contributed by atoms with Gasteiger partial charge in [-0.25, -0.2) is 0 Å². The largest absolute Gasteiger partial charge is 0.497 e. The minimum absolute atomic E-state index is 0.239. The van der Waals surface area contributed by atoms with Crippen LogP contribution in [0, 0.1) is 16.7 Å². The molecule has 0 unspecified atom stereocenters. The van der Waals surface area contributed by atoms with Gasteiger partial charge in [-0.2, -0.15) is 5.26 Å². The van der Waals surface area contributed by atoms with Crippen molar-refractivity contribution < 1.29 is 14.3 Å². The van der Waals surface area contributed by atoms with E-state index < -0.39 is 5.41 Å². The first-order valence-electron chi connectivity index (χ1n) is 8.80. The van der Waals surface area contributed by atoms with Crippen molar-refractivity contribution in [1.82, 2.24) is 5.32 Å². The van der Waals surface area contributed by atoms with Gasteiger partial charge in [0.1, 0.15) is 11.2 Å². The van der Waals surface area contributed by atoms with E-state index in [1.54, 1.807) is 31.4 Å². The van der Waals surface area contributed by atoms with Gasteiger partial charge < -0.3 is 15.4 Å². The molecule has 0 radical (unpaired) electrons. The van der Waals surface area contributed by atoms with Gasteiger partial charge in [0, 0.05) is 12.2 Å². The number of anilines is 1. The summed E-state index contributed by atoms with van der Waals surface area (Å²) in [6, 6.07) is 16.3. The average molecular weight is 363 g/mol. The van der Waals surface area contributed by atoms with E-state index in [9.17, 15) is 9.59 Å². The van der Waals surface area contributed by atoms with Gasteiger partial charge in [0.05, 0.1) is 18.7 Å². The van der Waals surface area contributed by atoms with Crippen molar-refractivity contribution in [1.29, 1.82) is 5.26 Å². The number of hydrogen-bond acceptors (Lipinski definition) is 4. The molecule has 27 heavy (non-hydrogen) atoms. The number of benzene rings is 2. The van der Waals surface area contributed by atoms with Crippen molar-refractivity contribution in [3.8, 4) is 11.8 Å². The first-order valence-corrected chi connectivity index (χ1v) is 8.80. The van der Waals surface area contributed by atoms with Crippen molar-refractivity contribution >= 4 is 17.5 Å². The Bertz CT molecular complexity index is 880. The quantitative estimate of drug-likeness (QED) is 0.740. The van der Waals surface area contributed by atoms with Crippen LogP contribution in [-0.4, -0.2) is 25.5 Å². The predicted molar refractivity (Wildman–Crippen MR) is 101 cm³/mol. The van der Waals surface area contributed by atoms with Gasteiger partial charge in [-0.1, -0.05) is 12.1 Å². The smallest absolute Gasteiger partial charge is 0.240 e. The Hall–Kier alpha value is -3.33. The van der Waals surface area contributed by atoms with Gasteiger partial charge in [-0.15, -0.1) is 0 Å². The van der Waals surface area contributed by atoms with Gasteiger partial charge in [-0.05, 0) is 61.2 Å². The minimum atomic E-state index is -0.984.